The maximum Gasteiger partial charge on any atom is 0.221 e. The SMILES string of the molecule is Cn1nc(N(C=O)CCN2CCCC(C(N)=O)C2)cc1-c1cc2ccccc2[nH]1. The van der Waals surface area contributed by atoms with Gasteiger partial charge in [0.1, 0.15) is 0 Å². The lowest BCUT2D eigenvalue weighted by Crippen LogP contribution is -2.44. The van der Waals surface area contributed by atoms with Crippen molar-refractivity contribution in [2.75, 3.05) is 31.1 Å². The third-order valence-electron chi connectivity index (χ3n) is 5.66. The monoisotopic (exact) mass is 394 g/mol. The van der Waals surface area contributed by atoms with Crippen molar-refractivity contribution >= 4 is 29.0 Å². The second-order valence-electron chi connectivity index (χ2n) is 7.62. The summed E-state index contributed by atoms with van der Waals surface area (Å²) in [6.45, 7) is 2.77. The van der Waals surface area contributed by atoms with Gasteiger partial charge in [-0.2, -0.15) is 5.10 Å². The maximum absolute atomic E-state index is 11.7. The number of H-pyrrole nitrogens is 1. The number of nitrogens with two attached hydrogens (primary N) is 1. The average Bonchev–Trinajstić information content (AvgIpc) is 3.32. The number of carbonyl (C=O) groups excluding carboxylic acids is 2. The number of amides is 2. The Morgan fingerprint density at radius 3 is 2.97 bits per heavy atom. The predicted molar refractivity (Wildman–Crippen MR) is 112 cm³/mol. The van der Waals surface area contributed by atoms with Gasteiger partial charge in [-0.15, -0.1) is 0 Å². The summed E-state index contributed by atoms with van der Waals surface area (Å²) < 4.78 is 1.78. The fourth-order valence-corrected chi connectivity index (χ4v) is 4.02. The number of fused-ring (bicyclic) bond motifs is 1. The van der Waals surface area contributed by atoms with Crippen LogP contribution in [-0.2, 0) is 16.6 Å². The highest BCUT2D eigenvalue weighted by Gasteiger charge is 2.24. The molecule has 3 N–H and O–H groups in total. The second kappa shape index (κ2) is 8.08. The first-order valence-corrected chi connectivity index (χ1v) is 9.91. The van der Waals surface area contributed by atoms with E-state index in [0.717, 1.165) is 48.1 Å². The molecule has 8 heteroatoms. The molecule has 2 amide bonds. The molecule has 0 radical (unpaired) electrons. The average molecular weight is 394 g/mol. The topological polar surface area (TPSA) is 100 Å². The van der Waals surface area contributed by atoms with Gasteiger partial charge in [-0.3, -0.25) is 19.2 Å². The lowest BCUT2D eigenvalue weighted by molar-refractivity contribution is -0.123. The fraction of sp³-hybridized carbons (Fsp3) is 0.381. The number of primary amides is 1. The van der Waals surface area contributed by atoms with Crippen molar-refractivity contribution in [1.29, 1.82) is 0 Å². The molecule has 3 heterocycles. The molecule has 0 bridgehead atoms. The first kappa shape index (κ1) is 19.2. The number of carbonyl (C=O) groups is 2. The number of likely N-dealkylation sites (tertiary alicyclic amines) is 1. The van der Waals surface area contributed by atoms with Crippen LogP contribution < -0.4 is 10.6 Å². The van der Waals surface area contributed by atoms with Gasteiger partial charge in [-0.05, 0) is 31.5 Å². The number of hydrogen-bond acceptors (Lipinski definition) is 4. The number of rotatable bonds is 7. The minimum Gasteiger partial charge on any atom is -0.369 e. The summed E-state index contributed by atoms with van der Waals surface area (Å²) in [5, 5.41) is 5.67. The molecular weight excluding hydrogens is 368 g/mol. The van der Waals surface area contributed by atoms with Gasteiger partial charge in [-0.1, -0.05) is 18.2 Å². The van der Waals surface area contributed by atoms with E-state index in [9.17, 15) is 9.59 Å². The van der Waals surface area contributed by atoms with E-state index in [0.29, 0.717) is 25.5 Å². The van der Waals surface area contributed by atoms with Crippen LogP contribution in [0.15, 0.2) is 36.4 Å². The smallest absolute Gasteiger partial charge is 0.221 e. The van der Waals surface area contributed by atoms with Crippen LogP contribution in [0.25, 0.3) is 22.3 Å². The van der Waals surface area contributed by atoms with Crippen LogP contribution in [0.5, 0.6) is 0 Å². The van der Waals surface area contributed by atoms with Crippen molar-refractivity contribution in [2.45, 2.75) is 12.8 Å². The van der Waals surface area contributed by atoms with Crippen LogP contribution in [0.2, 0.25) is 0 Å². The molecule has 1 aliphatic rings. The minimum atomic E-state index is -0.241. The number of nitrogens with one attached hydrogen (secondary N) is 1. The molecule has 29 heavy (non-hydrogen) atoms. The van der Waals surface area contributed by atoms with Crippen molar-refractivity contribution in [3.05, 3.63) is 36.4 Å². The molecule has 2 aromatic heterocycles. The van der Waals surface area contributed by atoms with Crippen molar-refractivity contribution in [2.24, 2.45) is 18.7 Å². The van der Waals surface area contributed by atoms with Gasteiger partial charge in [-0.25, -0.2) is 0 Å². The number of anilines is 1. The molecule has 4 rings (SSSR count). The summed E-state index contributed by atoms with van der Waals surface area (Å²) in [4.78, 5) is 30.4. The third-order valence-corrected chi connectivity index (χ3v) is 5.66. The summed E-state index contributed by atoms with van der Waals surface area (Å²) in [6, 6.07) is 12.1. The molecule has 1 fully saturated rings. The number of hydrogen-bond donors (Lipinski definition) is 2. The molecule has 1 unspecified atom stereocenters. The Labute approximate surface area is 169 Å². The Kier molecular flexibility index (Phi) is 5.35. The first-order valence-electron chi connectivity index (χ1n) is 9.91. The van der Waals surface area contributed by atoms with Crippen LogP contribution in [-0.4, -0.2) is 58.2 Å². The zero-order chi connectivity index (χ0) is 20.4. The molecule has 1 aromatic carbocycles. The summed E-state index contributed by atoms with van der Waals surface area (Å²) >= 11 is 0. The Balaban J connectivity index is 1.47. The van der Waals surface area contributed by atoms with Gasteiger partial charge in [0.15, 0.2) is 5.82 Å². The van der Waals surface area contributed by atoms with Crippen molar-refractivity contribution in [1.82, 2.24) is 19.7 Å². The predicted octanol–water partition coefficient (Wildman–Crippen LogP) is 1.73. The van der Waals surface area contributed by atoms with Crippen LogP contribution in [0.1, 0.15) is 12.8 Å². The Hall–Kier alpha value is -3.13. The Morgan fingerprint density at radius 2 is 2.21 bits per heavy atom. The summed E-state index contributed by atoms with van der Waals surface area (Å²) in [5.74, 6) is 0.270. The highest BCUT2D eigenvalue weighted by Crippen LogP contribution is 2.26. The van der Waals surface area contributed by atoms with Gasteiger partial charge in [0.25, 0.3) is 0 Å². The minimum absolute atomic E-state index is 0.100. The zero-order valence-electron chi connectivity index (χ0n) is 16.5. The molecule has 8 nitrogen and oxygen atoms in total. The Morgan fingerprint density at radius 1 is 1.38 bits per heavy atom. The summed E-state index contributed by atoms with van der Waals surface area (Å²) in [7, 11) is 1.87. The molecule has 1 aliphatic heterocycles. The third kappa shape index (κ3) is 4.02. The first-order chi connectivity index (χ1) is 14.0. The van der Waals surface area contributed by atoms with Gasteiger partial charge in [0.2, 0.25) is 12.3 Å². The van der Waals surface area contributed by atoms with E-state index in [2.05, 4.69) is 27.1 Å². The van der Waals surface area contributed by atoms with Crippen molar-refractivity contribution in [3.8, 4) is 11.4 Å². The molecular formula is C21H26N6O2. The van der Waals surface area contributed by atoms with Gasteiger partial charge in [0, 0.05) is 43.7 Å². The lowest BCUT2D eigenvalue weighted by atomic mass is 9.97. The maximum atomic E-state index is 11.7. The van der Waals surface area contributed by atoms with E-state index < -0.39 is 0 Å². The summed E-state index contributed by atoms with van der Waals surface area (Å²) in [5.41, 5.74) is 8.39. The van der Waals surface area contributed by atoms with Gasteiger partial charge < -0.3 is 15.6 Å². The molecule has 0 spiro atoms. The van der Waals surface area contributed by atoms with Crippen molar-refractivity contribution in [3.63, 3.8) is 0 Å². The van der Waals surface area contributed by atoms with Gasteiger partial charge in [0.05, 0.1) is 17.3 Å². The van der Waals surface area contributed by atoms with Crippen LogP contribution in [0, 0.1) is 5.92 Å². The number of piperidine rings is 1. The number of nitrogens with zero attached hydrogens (tertiary/aromatic N) is 4. The Bertz CT molecular complexity index is 990. The second-order valence-corrected chi connectivity index (χ2v) is 7.62. The van der Waals surface area contributed by atoms with Crippen LogP contribution >= 0.6 is 0 Å². The molecule has 0 saturated carbocycles. The molecule has 152 valence electrons. The van der Waals surface area contributed by atoms with Crippen molar-refractivity contribution < 1.29 is 9.59 Å². The zero-order valence-corrected chi connectivity index (χ0v) is 16.5. The highest BCUT2D eigenvalue weighted by molar-refractivity contribution is 5.86. The van der Waals surface area contributed by atoms with E-state index in [-0.39, 0.29) is 11.8 Å². The molecule has 0 aliphatic carbocycles. The fourth-order valence-electron chi connectivity index (χ4n) is 4.02. The number of aryl methyl sites for hydroxylation is 1. The largest absolute Gasteiger partial charge is 0.369 e. The highest BCUT2D eigenvalue weighted by atomic mass is 16.1. The molecule has 1 saturated heterocycles. The number of benzene rings is 1. The van der Waals surface area contributed by atoms with Crippen LogP contribution in [0.4, 0.5) is 5.82 Å². The van der Waals surface area contributed by atoms with E-state index in [4.69, 9.17) is 5.73 Å². The number of para-hydroxylation sites is 1. The molecule has 1 atom stereocenters. The van der Waals surface area contributed by atoms with E-state index in [1.54, 1.807) is 9.58 Å². The quantitative estimate of drug-likeness (QED) is 0.596. The van der Waals surface area contributed by atoms with E-state index in [1.807, 2.05) is 31.3 Å². The van der Waals surface area contributed by atoms with E-state index >= 15 is 0 Å². The normalized spacial score (nSPS) is 17.5. The summed E-state index contributed by atoms with van der Waals surface area (Å²) in [6.07, 6.45) is 2.60. The molecule has 3 aromatic rings. The van der Waals surface area contributed by atoms with E-state index in [1.165, 1.54) is 0 Å². The standard InChI is InChI=1S/C21H26N6O2/c1-25-19(18-11-15-5-2-3-7-17(15)23-18)12-20(24-25)27(14-28)10-9-26-8-4-6-16(13-26)21(22)29/h2-3,5,7,11-12,14,16,23H,4,6,8-10,13H2,1H3,(H2,22,29). The lowest BCUT2D eigenvalue weighted by Gasteiger charge is -2.32. The van der Waals surface area contributed by atoms with Crippen LogP contribution in [0.3, 0.4) is 0 Å². The number of aromatic nitrogens is 3. The number of aromatic amines is 1. The van der Waals surface area contributed by atoms with Gasteiger partial charge >= 0.3 is 0 Å².